The van der Waals surface area contributed by atoms with Gasteiger partial charge in [0.2, 0.25) is 0 Å². The molecule has 33 heavy (non-hydrogen) atoms. The molecule has 3 aromatic carbocycles. The van der Waals surface area contributed by atoms with E-state index >= 15 is 0 Å². The van der Waals surface area contributed by atoms with Gasteiger partial charge in [-0.15, -0.1) is 0 Å². The number of nitrogens with zero attached hydrogens (tertiary/aromatic N) is 2. The molecular weight excluding hydrogens is 491 g/mol. The number of thioether (sulfide) groups is 1. The van der Waals surface area contributed by atoms with Crippen LogP contribution in [0.1, 0.15) is 16.8 Å². The van der Waals surface area contributed by atoms with Crippen LogP contribution in [0.5, 0.6) is 0 Å². The fourth-order valence-corrected chi connectivity index (χ4v) is 5.84. The molecular formula is C26H18Cl2N2OS2. The fourth-order valence-electron chi connectivity index (χ4n) is 4.08. The summed E-state index contributed by atoms with van der Waals surface area (Å²) in [6.07, 6.45) is 1.95. The number of anilines is 1. The van der Waals surface area contributed by atoms with Crippen LogP contribution in [0.15, 0.2) is 77.7 Å². The topological polar surface area (TPSA) is 25.2 Å². The summed E-state index contributed by atoms with van der Waals surface area (Å²) in [5.74, 6) is -0.187. The SMILES string of the molecule is Cc1c(/C=C2/SC(=S)N(c3ccc(Cl)cc3Cl)C2=O)c2ccccc2n1Cc1ccccc1. The average Bonchev–Trinajstić information content (AvgIpc) is 3.23. The molecule has 1 aliphatic heterocycles. The van der Waals surface area contributed by atoms with Crippen LogP contribution in [0, 0.1) is 6.92 Å². The third-order valence-corrected chi connectivity index (χ3v) is 7.52. The quantitative estimate of drug-likeness (QED) is 0.208. The van der Waals surface area contributed by atoms with Gasteiger partial charge < -0.3 is 4.57 Å². The first-order valence-electron chi connectivity index (χ1n) is 10.3. The third-order valence-electron chi connectivity index (χ3n) is 5.68. The van der Waals surface area contributed by atoms with Gasteiger partial charge in [-0.1, -0.05) is 95.7 Å². The van der Waals surface area contributed by atoms with Gasteiger partial charge in [-0.25, -0.2) is 0 Å². The summed E-state index contributed by atoms with van der Waals surface area (Å²) in [6, 6.07) is 23.6. The van der Waals surface area contributed by atoms with Crippen molar-refractivity contribution < 1.29 is 4.79 Å². The zero-order valence-electron chi connectivity index (χ0n) is 17.6. The molecule has 1 saturated heterocycles. The minimum absolute atomic E-state index is 0.187. The molecule has 0 unspecified atom stereocenters. The van der Waals surface area contributed by atoms with E-state index in [0.717, 1.165) is 28.7 Å². The predicted molar refractivity (Wildman–Crippen MR) is 144 cm³/mol. The van der Waals surface area contributed by atoms with E-state index < -0.39 is 0 Å². The molecule has 1 aliphatic rings. The number of amides is 1. The van der Waals surface area contributed by atoms with Gasteiger partial charge in [0.25, 0.3) is 5.91 Å². The molecule has 0 bridgehead atoms. The highest BCUT2D eigenvalue weighted by atomic mass is 35.5. The maximum atomic E-state index is 13.4. The Bertz CT molecular complexity index is 1440. The van der Waals surface area contributed by atoms with Gasteiger partial charge >= 0.3 is 0 Å². The van der Waals surface area contributed by atoms with Crippen molar-refractivity contribution in [1.29, 1.82) is 0 Å². The van der Waals surface area contributed by atoms with Crippen LogP contribution in [0.2, 0.25) is 10.0 Å². The number of fused-ring (bicyclic) bond motifs is 1. The molecule has 3 nitrogen and oxygen atoms in total. The Labute approximate surface area is 211 Å². The van der Waals surface area contributed by atoms with Crippen LogP contribution in [-0.4, -0.2) is 14.8 Å². The molecule has 5 rings (SSSR count). The van der Waals surface area contributed by atoms with Gasteiger partial charge in [0, 0.05) is 33.7 Å². The molecule has 164 valence electrons. The Balaban J connectivity index is 1.58. The van der Waals surface area contributed by atoms with E-state index in [1.54, 1.807) is 18.2 Å². The van der Waals surface area contributed by atoms with Crippen molar-refractivity contribution in [2.75, 3.05) is 4.90 Å². The van der Waals surface area contributed by atoms with Crippen LogP contribution in [0.4, 0.5) is 5.69 Å². The van der Waals surface area contributed by atoms with Crippen molar-refractivity contribution in [2.24, 2.45) is 0 Å². The molecule has 1 aromatic heterocycles. The number of halogens is 2. The van der Waals surface area contributed by atoms with Gasteiger partial charge in [-0.2, -0.15) is 0 Å². The Hall–Kier alpha value is -2.57. The number of hydrogen-bond acceptors (Lipinski definition) is 3. The van der Waals surface area contributed by atoms with Crippen molar-refractivity contribution in [2.45, 2.75) is 13.5 Å². The van der Waals surface area contributed by atoms with Crippen molar-refractivity contribution in [3.8, 4) is 0 Å². The second-order valence-electron chi connectivity index (χ2n) is 7.70. The van der Waals surface area contributed by atoms with E-state index in [-0.39, 0.29) is 5.91 Å². The Morgan fingerprint density at radius 2 is 1.73 bits per heavy atom. The van der Waals surface area contributed by atoms with Crippen molar-refractivity contribution in [3.05, 3.63) is 105 Å². The lowest BCUT2D eigenvalue weighted by Gasteiger charge is -2.16. The highest BCUT2D eigenvalue weighted by molar-refractivity contribution is 8.27. The first-order chi connectivity index (χ1) is 15.9. The molecule has 1 amide bonds. The van der Waals surface area contributed by atoms with Crippen molar-refractivity contribution >= 4 is 80.1 Å². The molecule has 2 heterocycles. The number of carbonyl (C=O) groups excluding carboxylic acids is 1. The summed E-state index contributed by atoms with van der Waals surface area (Å²) in [6.45, 7) is 2.84. The van der Waals surface area contributed by atoms with Crippen molar-refractivity contribution in [1.82, 2.24) is 4.57 Å². The minimum Gasteiger partial charge on any atom is -0.340 e. The number of rotatable bonds is 4. The van der Waals surface area contributed by atoms with E-state index in [1.165, 1.54) is 22.2 Å². The average molecular weight is 509 g/mol. The Kier molecular flexibility index (Phi) is 6.06. The molecule has 7 heteroatoms. The molecule has 0 radical (unpaired) electrons. The van der Waals surface area contributed by atoms with Gasteiger partial charge in [-0.05, 0) is 42.8 Å². The lowest BCUT2D eigenvalue weighted by atomic mass is 10.1. The van der Waals surface area contributed by atoms with E-state index in [0.29, 0.717) is 25.0 Å². The van der Waals surface area contributed by atoms with Gasteiger partial charge in [0.1, 0.15) is 0 Å². The summed E-state index contributed by atoms with van der Waals surface area (Å²) in [5.41, 5.74) is 4.99. The van der Waals surface area contributed by atoms with Crippen LogP contribution < -0.4 is 4.90 Å². The zero-order chi connectivity index (χ0) is 23.1. The lowest BCUT2D eigenvalue weighted by molar-refractivity contribution is -0.113. The summed E-state index contributed by atoms with van der Waals surface area (Å²) in [5, 5.41) is 1.99. The summed E-state index contributed by atoms with van der Waals surface area (Å²) in [7, 11) is 0. The minimum atomic E-state index is -0.187. The molecule has 0 atom stereocenters. The number of para-hydroxylation sites is 1. The number of thiocarbonyl (C=S) groups is 1. The second kappa shape index (κ2) is 8.99. The van der Waals surface area contributed by atoms with E-state index in [1.807, 2.05) is 36.4 Å². The summed E-state index contributed by atoms with van der Waals surface area (Å²) < 4.78 is 2.73. The normalized spacial score (nSPS) is 15.2. The predicted octanol–water partition coefficient (Wildman–Crippen LogP) is 7.71. The maximum absolute atomic E-state index is 13.4. The first kappa shape index (κ1) is 22.2. The van der Waals surface area contributed by atoms with Crippen LogP contribution in [-0.2, 0) is 11.3 Å². The molecule has 1 fully saturated rings. The van der Waals surface area contributed by atoms with E-state index in [4.69, 9.17) is 35.4 Å². The Morgan fingerprint density at radius 1 is 1.00 bits per heavy atom. The maximum Gasteiger partial charge on any atom is 0.270 e. The standard InChI is InChI=1S/C26H18Cl2N2OS2/c1-16-20(19-9-5-6-10-22(19)29(16)15-17-7-3-2-4-8-17)14-24-25(31)30(26(32)33-24)23-12-11-18(27)13-21(23)28/h2-14H,15H2,1H3/b24-14+. The highest BCUT2D eigenvalue weighted by Crippen LogP contribution is 2.41. The van der Waals surface area contributed by atoms with Gasteiger partial charge in [-0.3, -0.25) is 9.69 Å². The van der Waals surface area contributed by atoms with Crippen LogP contribution in [0.3, 0.4) is 0 Å². The first-order valence-corrected chi connectivity index (χ1v) is 12.3. The summed E-state index contributed by atoms with van der Waals surface area (Å²) in [4.78, 5) is 15.4. The number of benzene rings is 3. The highest BCUT2D eigenvalue weighted by Gasteiger charge is 2.35. The second-order valence-corrected chi connectivity index (χ2v) is 10.2. The zero-order valence-corrected chi connectivity index (χ0v) is 20.7. The van der Waals surface area contributed by atoms with E-state index in [2.05, 4.69) is 35.8 Å². The Morgan fingerprint density at radius 3 is 2.48 bits per heavy atom. The summed E-state index contributed by atoms with van der Waals surface area (Å²) >= 11 is 19.2. The molecule has 0 aliphatic carbocycles. The largest absolute Gasteiger partial charge is 0.340 e. The monoisotopic (exact) mass is 508 g/mol. The fraction of sp³-hybridized carbons (Fsp3) is 0.0769. The van der Waals surface area contributed by atoms with Crippen LogP contribution >= 0.6 is 47.2 Å². The van der Waals surface area contributed by atoms with Crippen molar-refractivity contribution in [3.63, 3.8) is 0 Å². The van der Waals surface area contributed by atoms with Gasteiger partial charge in [0.15, 0.2) is 4.32 Å². The smallest absolute Gasteiger partial charge is 0.270 e. The van der Waals surface area contributed by atoms with Gasteiger partial charge in [0.05, 0.1) is 15.6 Å². The molecule has 0 saturated carbocycles. The molecule has 4 aromatic rings. The lowest BCUT2D eigenvalue weighted by Crippen LogP contribution is -2.27. The third kappa shape index (κ3) is 4.11. The molecule has 0 N–H and O–H groups in total. The molecule has 0 spiro atoms. The van der Waals surface area contributed by atoms with E-state index in [9.17, 15) is 4.79 Å². The van der Waals surface area contributed by atoms with Crippen LogP contribution in [0.25, 0.3) is 17.0 Å². The number of hydrogen-bond donors (Lipinski definition) is 0. The number of aromatic nitrogens is 1. The number of carbonyl (C=O) groups is 1.